The Morgan fingerprint density at radius 1 is 1.31 bits per heavy atom. The average molecular weight is 229 g/mol. The molecule has 0 heterocycles. The van der Waals surface area contributed by atoms with Crippen LogP contribution in [0.4, 0.5) is 0 Å². The van der Waals surface area contributed by atoms with Gasteiger partial charge in [0.2, 0.25) is 5.91 Å². The van der Waals surface area contributed by atoms with Gasteiger partial charge in [-0.3, -0.25) is 4.79 Å². The van der Waals surface area contributed by atoms with Crippen LogP contribution in [0.5, 0.6) is 0 Å². The van der Waals surface area contributed by atoms with Crippen molar-refractivity contribution < 1.29 is 4.79 Å². The fourth-order valence-corrected chi connectivity index (χ4v) is 1.67. The van der Waals surface area contributed by atoms with Crippen LogP contribution in [0.1, 0.15) is 46.5 Å². The SMILES string of the molecule is CC(C)(C)CC(N)CC(=O)NCCCCN. The van der Waals surface area contributed by atoms with E-state index in [1.165, 1.54) is 0 Å². The van der Waals surface area contributed by atoms with Crippen LogP contribution >= 0.6 is 0 Å². The lowest BCUT2D eigenvalue weighted by Crippen LogP contribution is -2.34. The van der Waals surface area contributed by atoms with E-state index in [9.17, 15) is 4.79 Å². The third kappa shape index (κ3) is 9.93. The largest absolute Gasteiger partial charge is 0.356 e. The molecule has 0 rings (SSSR count). The molecule has 4 heteroatoms. The standard InChI is InChI=1S/C12H27N3O/c1-12(2,3)9-10(14)8-11(16)15-7-5-4-6-13/h10H,4-9,13-14H2,1-3H3,(H,15,16). The van der Waals surface area contributed by atoms with Crippen LogP contribution < -0.4 is 16.8 Å². The highest BCUT2D eigenvalue weighted by atomic mass is 16.1. The van der Waals surface area contributed by atoms with E-state index < -0.39 is 0 Å². The molecule has 1 unspecified atom stereocenters. The summed E-state index contributed by atoms with van der Waals surface area (Å²) in [5, 5.41) is 2.86. The summed E-state index contributed by atoms with van der Waals surface area (Å²) < 4.78 is 0. The van der Waals surface area contributed by atoms with E-state index in [1.54, 1.807) is 0 Å². The Morgan fingerprint density at radius 2 is 1.94 bits per heavy atom. The van der Waals surface area contributed by atoms with Gasteiger partial charge in [-0.1, -0.05) is 20.8 Å². The van der Waals surface area contributed by atoms with Gasteiger partial charge in [-0.15, -0.1) is 0 Å². The minimum atomic E-state index is -0.0468. The van der Waals surface area contributed by atoms with Gasteiger partial charge in [-0.25, -0.2) is 0 Å². The predicted octanol–water partition coefficient (Wildman–Crippen LogP) is 0.995. The number of amides is 1. The molecule has 0 saturated carbocycles. The zero-order chi connectivity index (χ0) is 12.6. The third-order valence-corrected chi connectivity index (χ3v) is 2.28. The van der Waals surface area contributed by atoms with E-state index in [-0.39, 0.29) is 17.4 Å². The molecule has 0 bridgehead atoms. The molecule has 0 aromatic heterocycles. The van der Waals surface area contributed by atoms with E-state index in [4.69, 9.17) is 11.5 Å². The molecule has 0 aromatic rings. The van der Waals surface area contributed by atoms with Crippen LogP contribution in [-0.4, -0.2) is 25.0 Å². The third-order valence-electron chi connectivity index (χ3n) is 2.28. The molecule has 1 amide bonds. The highest BCUT2D eigenvalue weighted by Crippen LogP contribution is 2.20. The lowest BCUT2D eigenvalue weighted by molar-refractivity contribution is -0.121. The molecule has 16 heavy (non-hydrogen) atoms. The Balaban J connectivity index is 3.62. The van der Waals surface area contributed by atoms with Gasteiger partial charge >= 0.3 is 0 Å². The number of nitrogens with one attached hydrogen (secondary N) is 1. The maximum atomic E-state index is 11.5. The first-order chi connectivity index (χ1) is 7.35. The zero-order valence-electron chi connectivity index (χ0n) is 10.9. The second-order valence-electron chi connectivity index (χ2n) is 5.57. The van der Waals surface area contributed by atoms with E-state index in [2.05, 4.69) is 26.1 Å². The maximum absolute atomic E-state index is 11.5. The summed E-state index contributed by atoms with van der Waals surface area (Å²) in [4.78, 5) is 11.5. The van der Waals surface area contributed by atoms with Gasteiger partial charge in [0, 0.05) is 19.0 Å². The first-order valence-electron chi connectivity index (χ1n) is 6.07. The molecule has 0 aromatic carbocycles. The summed E-state index contributed by atoms with van der Waals surface area (Å²) >= 11 is 0. The second kappa shape index (κ2) is 7.63. The molecule has 0 fully saturated rings. The van der Waals surface area contributed by atoms with Gasteiger partial charge in [0.05, 0.1) is 0 Å². The Bertz CT molecular complexity index is 199. The van der Waals surface area contributed by atoms with E-state index >= 15 is 0 Å². The molecule has 1 atom stereocenters. The van der Waals surface area contributed by atoms with Crippen molar-refractivity contribution in [3.05, 3.63) is 0 Å². The van der Waals surface area contributed by atoms with Gasteiger partial charge in [0.25, 0.3) is 0 Å². The topological polar surface area (TPSA) is 81.1 Å². The van der Waals surface area contributed by atoms with Crippen molar-refractivity contribution in [3.63, 3.8) is 0 Å². The van der Waals surface area contributed by atoms with Crippen molar-refractivity contribution in [3.8, 4) is 0 Å². The smallest absolute Gasteiger partial charge is 0.221 e. The Kier molecular flexibility index (Phi) is 7.34. The molecule has 0 spiro atoms. The molecule has 0 aliphatic carbocycles. The number of hydrogen-bond donors (Lipinski definition) is 3. The summed E-state index contributed by atoms with van der Waals surface area (Å²) in [6, 6.07) is -0.0468. The summed E-state index contributed by atoms with van der Waals surface area (Å²) in [5.74, 6) is 0.0498. The molecule has 4 nitrogen and oxygen atoms in total. The first kappa shape index (κ1) is 15.4. The molecular formula is C12H27N3O. The number of hydrogen-bond acceptors (Lipinski definition) is 3. The maximum Gasteiger partial charge on any atom is 0.221 e. The monoisotopic (exact) mass is 229 g/mol. The zero-order valence-corrected chi connectivity index (χ0v) is 10.9. The number of carbonyl (C=O) groups is 1. The number of carbonyl (C=O) groups excluding carboxylic acids is 1. The summed E-state index contributed by atoms with van der Waals surface area (Å²) in [6.45, 7) is 7.78. The minimum Gasteiger partial charge on any atom is -0.356 e. The van der Waals surface area contributed by atoms with Crippen LogP contribution in [0.15, 0.2) is 0 Å². The Morgan fingerprint density at radius 3 is 2.44 bits per heavy atom. The molecule has 0 saturated heterocycles. The average Bonchev–Trinajstić information content (AvgIpc) is 2.09. The molecule has 0 aliphatic rings. The molecule has 0 radical (unpaired) electrons. The van der Waals surface area contributed by atoms with Crippen molar-refractivity contribution in [1.82, 2.24) is 5.32 Å². The minimum absolute atomic E-state index is 0.0468. The van der Waals surface area contributed by atoms with Gasteiger partial charge in [0.15, 0.2) is 0 Å². The van der Waals surface area contributed by atoms with Gasteiger partial charge in [-0.2, -0.15) is 0 Å². The van der Waals surface area contributed by atoms with Crippen molar-refractivity contribution in [1.29, 1.82) is 0 Å². The van der Waals surface area contributed by atoms with Gasteiger partial charge in [0.1, 0.15) is 0 Å². The lowest BCUT2D eigenvalue weighted by atomic mass is 9.87. The molecule has 96 valence electrons. The van der Waals surface area contributed by atoms with Crippen molar-refractivity contribution >= 4 is 5.91 Å². The Labute approximate surface area is 99.1 Å². The van der Waals surface area contributed by atoms with Gasteiger partial charge < -0.3 is 16.8 Å². The fraction of sp³-hybridized carbons (Fsp3) is 0.917. The van der Waals surface area contributed by atoms with E-state index in [1.807, 2.05) is 0 Å². The van der Waals surface area contributed by atoms with Crippen LogP contribution in [0, 0.1) is 5.41 Å². The summed E-state index contributed by atoms with van der Waals surface area (Å²) in [5.41, 5.74) is 11.5. The first-order valence-corrected chi connectivity index (χ1v) is 6.07. The van der Waals surface area contributed by atoms with Crippen LogP contribution in [0.2, 0.25) is 0 Å². The number of unbranched alkanes of at least 4 members (excludes halogenated alkanes) is 1. The van der Waals surface area contributed by atoms with Crippen LogP contribution in [0.3, 0.4) is 0 Å². The van der Waals surface area contributed by atoms with Crippen LogP contribution in [0.25, 0.3) is 0 Å². The summed E-state index contributed by atoms with van der Waals surface area (Å²) in [6.07, 6.45) is 3.17. The highest BCUT2D eigenvalue weighted by molar-refractivity contribution is 5.76. The lowest BCUT2D eigenvalue weighted by Gasteiger charge is -2.22. The van der Waals surface area contributed by atoms with Crippen molar-refractivity contribution in [2.24, 2.45) is 16.9 Å². The predicted molar refractivity (Wildman–Crippen MR) is 68.0 cm³/mol. The molecule has 0 aliphatic heterocycles. The van der Waals surface area contributed by atoms with E-state index in [0.717, 1.165) is 19.3 Å². The molecular weight excluding hydrogens is 202 g/mol. The summed E-state index contributed by atoms with van der Waals surface area (Å²) in [7, 11) is 0. The molecule has 5 N–H and O–H groups in total. The van der Waals surface area contributed by atoms with E-state index in [0.29, 0.717) is 19.5 Å². The number of nitrogens with two attached hydrogens (primary N) is 2. The van der Waals surface area contributed by atoms with Crippen LogP contribution in [-0.2, 0) is 4.79 Å². The van der Waals surface area contributed by atoms with Crippen molar-refractivity contribution in [2.45, 2.75) is 52.5 Å². The normalized spacial score (nSPS) is 13.6. The Hall–Kier alpha value is -0.610. The highest BCUT2D eigenvalue weighted by Gasteiger charge is 2.17. The fourth-order valence-electron chi connectivity index (χ4n) is 1.67. The van der Waals surface area contributed by atoms with Gasteiger partial charge in [-0.05, 0) is 31.2 Å². The quantitative estimate of drug-likeness (QED) is 0.570. The second-order valence-corrected chi connectivity index (χ2v) is 5.57. The number of rotatable bonds is 7. The van der Waals surface area contributed by atoms with Crippen molar-refractivity contribution in [2.75, 3.05) is 13.1 Å².